The summed E-state index contributed by atoms with van der Waals surface area (Å²) >= 11 is 9.57. The maximum absolute atomic E-state index is 13.0. The zero-order valence-corrected chi connectivity index (χ0v) is 20.4. The Balaban J connectivity index is 0.000000189. The summed E-state index contributed by atoms with van der Waals surface area (Å²) in [6.07, 6.45) is 1.77. The van der Waals surface area contributed by atoms with E-state index < -0.39 is 11.6 Å². The number of phenolic OH excluding ortho intramolecular Hbond substituents is 2. The second kappa shape index (κ2) is 10.7. The zero-order valence-electron chi connectivity index (χ0n) is 17.2. The van der Waals surface area contributed by atoms with Gasteiger partial charge in [0.05, 0.1) is 15.2 Å². The number of nitrogens with two attached hydrogens (primary N) is 1. The van der Waals surface area contributed by atoms with E-state index in [1.165, 1.54) is 23.5 Å². The number of H-pyrrole nitrogens is 1. The van der Waals surface area contributed by atoms with E-state index in [0.717, 1.165) is 23.4 Å². The van der Waals surface area contributed by atoms with Gasteiger partial charge in [-0.15, -0.1) is 0 Å². The lowest BCUT2D eigenvalue weighted by molar-refractivity contribution is 0.400. The molecule has 0 unspecified atom stereocenters. The van der Waals surface area contributed by atoms with Crippen LogP contribution < -0.4 is 11.1 Å². The minimum absolute atomic E-state index is 0.0920. The smallest absolute Gasteiger partial charge is 0.181 e. The average Bonchev–Trinajstić information content (AvgIpc) is 3.12. The van der Waals surface area contributed by atoms with E-state index in [-0.39, 0.29) is 11.5 Å². The molecule has 172 valence electrons. The number of benzene rings is 2. The number of aromatic hydroxyl groups is 2. The fourth-order valence-corrected chi connectivity index (χ4v) is 4.27. The van der Waals surface area contributed by atoms with Crippen molar-refractivity contribution in [3.63, 3.8) is 0 Å². The maximum atomic E-state index is 13.0. The number of nitrogens with zero attached hydrogens (tertiary/aromatic N) is 1. The molecule has 0 amide bonds. The molecular formula is C22H19BrF2N4O2S2. The Morgan fingerprint density at radius 1 is 1.18 bits per heavy atom. The van der Waals surface area contributed by atoms with Crippen molar-refractivity contribution in [3.8, 4) is 22.8 Å². The first-order valence-corrected chi connectivity index (χ1v) is 11.5. The van der Waals surface area contributed by atoms with E-state index in [4.69, 9.17) is 18.0 Å². The molecule has 2 aromatic heterocycles. The van der Waals surface area contributed by atoms with Crippen LogP contribution in [0.25, 0.3) is 11.3 Å². The molecule has 0 fully saturated rings. The molecular weight excluding hydrogens is 534 g/mol. The fraction of sp³-hybridized carbons (Fsp3) is 0.0909. The van der Waals surface area contributed by atoms with Crippen LogP contribution in [-0.2, 0) is 6.54 Å². The molecule has 0 aliphatic heterocycles. The Kier molecular flexibility index (Phi) is 8.01. The van der Waals surface area contributed by atoms with E-state index in [9.17, 15) is 19.0 Å². The number of anilines is 2. The highest BCUT2D eigenvalue weighted by molar-refractivity contribution is 9.11. The lowest BCUT2D eigenvalue weighted by atomic mass is 10.2. The third kappa shape index (κ3) is 6.28. The molecule has 6 nitrogen and oxygen atoms in total. The molecule has 0 aliphatic carbocycles. The Bertz CT molecular complexity index is 1340. The van der Waals surface area contributed by atoms with Crippen molar-refractivity contribution in [2.24, 2.45) is 0 Å². The predicted molar refractivity (Wildman–Crippen MR) is 133 cm³/mol. The molecule has 2 heterocycles. The van der Waals surface area contributed by atoms with Crippen LogP contribution in [0, 0.1) is 23.2 Å². The van der Waals surface area contributed by atoms with Gasteiger partial charge in [0, 0.05) is 23.9 Å². The third-order valence-electron chi connectivity index (χ3n) is 4.47. The van der Waals surface area contributed by atoms with Crippen LogP contribution in [-0.4, -0.2) is 20.2 Å². The van der Waals surface area contributed by atoms with Gasteiger partial charge >= 0.3 is 0 Å². The number of nitrogens with one attached hydrogen (secondary N) is 2. The van der Waals surface area contributed by atoms with Gasteiger partial charge in [0.1, 0.15) is 4.64 Å². The van der Waals surface area contributed by atoms with Gasteiger partial charge in [-0.3, -0.25) is 0 Å². The molecule has 0 saturated heterocycles. The number of para-hydroxylation sites is 1. The Labute approximate surface area is 205 Å². The minimum Gasteiger partial charge on any atom is -0.504 e. The van der Waals surface area contributed by atoms with Gasteiger partial charge in [-0.05, 0) is 58.7 Å². The van der Waals surface area contributed by atoms with Crippen LogP contribution in [0.15, 0.2) is 52.4 Å². The number of hydrogen-bond acceptors (Lipinski definition) is 7. The number of rotatable bonds is 4. The molecule has 2 aromatic carbocycles. The topological polar surface area (TPSA) is 107 Å². The Morgan fingerprint density at radius 3 is 2.58 bits per heavy atom. The highest BCUT2D eigenvalue weighted by Gasteiger charge is 2.11. The van der Waals surface area contributed by atoms with Gasteiger partial charge in [-0.2, -0.15) is 0 Å². The van der Waals surface area contributed by atoms with Crippen LogP contribution >= 0.6 is 39.5 Å². The van der Waals surface area contributed by atoms with Crippen molar-refractivity contribution < 1.29 is 19.0 Å². The van der Waals surface area contributed by atoms with Crippen molar-refractivity contribution in [1.29, 1.82) is 0 Å². The van der Waals surface area contributed by atoms with Crippen molar-refractivity contribution >= 4 is 50.3 Å². The van der Waals surface area contributed by atoms with Crippen molar-refractivity contribution in [2.45, 2.75) is 13.5 Å². The first kappa shape index (κ1) is 24.6. The summed E-state index contributed by atoms with van der Waals surface area (Å²) in [4.78, 5) is 6.98. The van der Waals surface area contributed by atoms with Crippen LogP contribution in [0.4, 0.5) is 19.6 Å². The molecule has 4 aromatic rings. The van der Waals surface area contributed by atoms with E-state index in [1.807, 2.05) is 13.0 Å². The van der Waals surface area contributed by atoms with Crippen LogP contribution in [0.1, 0.15) is 11.1 Å². The standard InChI is InChI=1S/C13H14N2O2S.C9H5BrF2N2S/c1-8-5-10(7-15-13(8)18)14-6-9-3-2-4-11(16)12(9)17;10-8-7(14-9(13)15-8)4-1-2-5(11)6(12)3-4/h2-5,7,14,16-17H,6H2,1H3,(H,15,18);1-3H,(H2,13,14). The number of thiazole rings is 1. The molecule has 0 atom stereocenters. The Morgan fingerprint density at radius 2 is 1.94 bits per heavy atom. The van der Waals surface area contributed by atoms with Crippen molar-refractivity contribution in [3.05, 3.63) is 79.8 Å². The van der Waals surface area contributed by atoms with Crippen molar-refractivity contribution in [2.75, 3.05) is 11.1 Å². The predicted octanol–water partition coefficient (Wildman–Crippen LogP) is 6.51. The van der Waals surface area contributed by atoms with Crippen LogP contribution in [0.5, 0.6) is 11.5 Å². The zero-order chi connectivity index (χ0) is 24.1. The molecule has 0 radical (unpaired) electrons. The van der Waals surface area contributed by atoms with Crippen molar-refractivity contribution in [1.82, 2.24) is 9.97 Å². The largest absolute Gasteiger partial charge is 0.504 e. The first-order chi connectivity index (χ1) is 15.7. The summed E-state index contributed by atoms with van der Waals surface area (Å²) in [5.74, 6) is -1.98. The molecule has 4 rings (SSSR count). The molecule has 0 spiro atoms. The minimum atomic E-state index is -0.897. The fourth-order valence-electron chi connectivity index (χ4n) is 2.76. The average molecular weight is 553 g/mol. The number of aryl methyl sites for hydroxylation is 1. The van der Waals surface area contributed by atoms with E-state index >= 15 is 0 Å². The molecule has 33 heavy (non-hydrogen) atoms. The monoisotopic (exact) mass is 552 g/mol. The third-order valence-corrected chi connectivity index (χ3v) is 6.44. The first-order valence-electron chi connectivity index (χ1n) is 9.46. The molecule has 0 bridgehead atoms. The van der Waals surface area contributed by atoms with Crippen LogP contribution in [0.2, 0.25) is 0 Å². The SMILES string of the molecule is Cc1cc(NCc2cccc(O)c2O)c[nH]c1=S.Nc1nc(-c2ccc(F)c(F)c2)c(Br)s1. The van der Waals surface area contributed by atoms with Crippen LogP contribution in [0.3, 0.4) is 0 Å². The number of aromatic nitrogens is 2. The van der Waals surface area contributed by atoms with Gasteiger partial charge in [0.2, 0.25) is 0 Å². The highest BCUT2D eigenvalue weighted by Crippen LogP contribution is 2.34. The van der Waals surface area contributed by atoms with Gasteiger partial charge in [-0.25, -0.2) is 13.8 Å². The van der Waals surface area contributed by atoms with Gasteiger partial charge in [0.15, 0.2) is 28.3 Å². The lowest BCUT2D eigenvalue weighted by Gasteiger charge is -2.09. The number of nitrogen functional groups attached to an aromatic ring is 1. The molecule has 0 aliphatic rings. The second-order valence-corrected chi connectivity index (χ2v) is 9.60. The number of aromatic amines is 1. The summed E-state index contributed by atoms with van der Waals surface area (Å²) in [5.41, 5.74) is 9.01. The summed E-state index contributed by atoms with van der Waals surface area (Å²) < 4.78 is 27.1. The van der Waals surface area contributed by atoms with E-state index in [2.05, 4.69) is 31.2 Å². The number of hydrogen-bond donors (Lipinski definition) is 5. The summed E-state index contributed by atoms with van der Waals surface area (Å²) in [6, 6.07) is 10.4. The van der Waals surface area contributed by atoms with Gasteiger partial charge < -0.3 is 26.2 Å². The maximum Gasteiger partial charge on any atom is 0.181 e. The number of phenols is 2. The van der Waals surface area contributed by atoms with E-state index in [1.54, 1.807) is 18.3 Å². The Hall–Kier alpha value is -3.02. The quantitative estimate of drug-likeness (QED) is 0.146. The summed E-state index contributed by atoms with van der Waals surface area (Å²) in [6.45, 7) is 2.35. The molecule has 11 heteroatoms. The van der Waals surface area contributed by atoms with Gasteiger partial charge in [0.25, 0.3) is 0 Å². The molecule has 6 N–H and O–H groups in total. The van der Waals surface area contributed by atoms with Gasteiger partial charge in [-0.1, -0.05) is 35.7 Å². The number of halogens is 3. The summed E-state index contributed by atoms with van der Waals surface area (Å²) in [5, 5.41) is 22.6. The lowest BCUT2D eigenvalue weighted by Crippen LogP contribution is -2.00. The molecule has 0 saturated carbocycles. The number of pyridine rings is 1. The second-order valence-electron chi connectivity index (χ2n) is 6.84. The summed E-state index contributed by atoms with van der Waals surface area (Å²) in [7, 11) is 0. The highest BCUT2D eigenvalue weighted by atomic mass is 79.9. The van der Waals surface area contributed by atoms with E-state index in [0.29, 0.717) is 36.9 Å². The normalized spacial score (nSPS) is 10.4.